The SMILES string of the molecule is O=C(CSc1ccc(Cl)cn1)Nc1ccccc1C(=O)Nc1ccccc1. The number of pyridine rings is 1. The second kappa shape index (κ2) is 9.21. The zero-order valence-electron chi connectivity index (χ0n) is 14.2. The first-order valence-corrected chi connectivity index (χ1v) is 9.48. The number of hydrogen-bond acceptors (Lipinski definition) is 4. The lowest BCUT2D eigenvalue weighted by atomic mass is 10.1. The number of nitrogens with one attached hydrogen (secondary N) is 2. The zero-order chi connectivity index (χ0) is 19.1. The molecule has 0 aliphatic carbocycles. The van der Waals surface area contributed by atoms with Crippen molar-refractivity contribution in [2.24, 2.45) is 0 Å². The quantitative estimate of drug-likeness (QED) is 0.590. The Kier molecular flexibility index (Phi) is 6.46. The van der Waals surface area contributed by atoms with Crippen molar-refractivity contribution in [2.75, 3.05) is 16.4 Å². The van der Waals surface area contributed by atoms with Gasteiger partial charge in [0.15, 0.2) is 0 Å². The first kappa shape index (κ1) is 18.9. The van der Waals surface area contributed by atoms with E-state index in [0.717, 1.165) is 0 Å². The van der Waals surface area contributed by atoms with Gasteiger partial charge in [-0.25, -0.2) is 4.98 Å². The van der Waals surface area contributed by atoms with E-state index in [-0.39, 0.29) is 17.6 Å². The van der Waals surface area contributed by atoms with Crippen molar-refractivity contribution in [1.82, 2.24) is 4.98 Å². The highest BCUT2D eigenvalue weighted by molar-refractivity contribution is 7.99. The van der Waals surface area contributed by atoms with Crippen LogP contribution < -0.4 is 10.6 Å². The van der Waals surface area contributed by atoms with E-state index in [9.17, 15) is 9.59 Å². The predicted molar refractivity (Wildman–Crippen MR) is 109 cm³/mol. The fourth-order valence-electron chi connectivity index (χ4n) is 2.28. The number of benzene rings is 2. The number of carbonyl (C=O) groups excluding carboxylic acids is 2. The lowest BCUT2D eigenvalue weighted by molar-refractivity contribution is -0.113. The molecule has 3 aromatic rings. The number of halogens is 1. The summed E-state index contributed by atoms with van der Waals surface area (Å²) in [4.78, 5) is 28.9. The maximum Gasteiger partial charge on any atom is 0.257 e. The Morgan fingerprint density at radius 1 is 0.926 bits per heavy atom. The summed E-state index contributed by atoms with van der Waals surface area (Å²) in [6.45, 7) is 0. The highest BCUT2D eigenvalue weighted by Gasteiger charge is 2.13. The van der Waals surface area contributed by atoms with Crippen LogP contribution in [0.25, 0.3) is 0 Å². The van der Waals surface area contributed by atoms with Crippen LogP contribution in [0.15, 0.2) is 78.0 Å². The number of thioether (sulfide) groups is 1. The number of para-hydroxylation sites is 2. The van der Waals surface area contributed by atoms with Crippen molar-refractivity contribution in [3.63, 3.8) is 0 Å². The lowest BCUT2D eigenvalue weighted by Gasteiger charge is -2.11. The normalized spacial score (nSPS) is 10.3. The van der Waals surface area contributed by atoms with Crippen LogP contribution in [0.5, 0.6) is 0 Å². The van der Waals surface area contributed by atoms with Crippen LogP contribution in [0.3, 0.4) is 0 Å². The molecule has 0 bridgehead atoms. The Morgan fingerprint density at radius 2 is 1.67 bits per heavy atom. The van der Waals surface area contributed by atoms with Gasteiger partial charge in [-0.05, 0) is 36.4 Å². The van der Waals surface area contributed by atoms with Crippen molar-refractivity contribution < 1.29 is 9.59 Å². The van der Waals surface area contributed by atoms with Gasteiger partial charge >= 0.3 is 0 Å². The van der Waals surface area contributed by atoms with E-state index in [2.05, 4.69) is 15.6 Å². The van der Waals surface area contributed by atoms with Crippen LogP contribution in [0, 0.1) is 0 Å². The molecule has 0 fully saturated rings. The van der Waals surface area contributed by atoms with Crippen LogP contribution in [0.1, 0.15) is 10.4 Å². The van der Waals surface area contributed by atoms with E-state index in [1.54, 1.807) is 48.5 Å². The zero-order valence-corrected chi connectivity index (χ0v) is 15.8. The van der Waals surface area contributed by atoms with E-state index in [4.69, 9.17) is 11.6 Å². The third kappa shape index (κ3) is 5.57. The molecule has 0 radical (unpaired) electrons. The largest absolute Gasteiger partial charge is 0.325 e. The third-order valence-electron chi connectivity index (χ3n) is 3.53. The number of hydrogen-bond donors (Lipinski definition) is 2. The Hall–Kier alpha value is -2.83. The van der Waals surface area contributed by atoms with E-state index in [0.29, 0.717) is 27.0 Å². The van der Waals surface area contributed by atoms with Gasteiger partial charge in [0.2, 0.25) is 5.91 Å². The Bertz CT molecular complexity index is 933. The van der Waals surface area contributed by atoms with Gasteiger partial charge in [0.05, 0.1) is 27.1 Å². The summed E-state index contributed by atoms with van der Waals surface area (Å²) in [5.74, 6) is -0.343. The molecule has 0 aliphatic rings. The number of aromatic nitrogens is 1. The average Bonchev–Trinajstić information content (AvgIpc) is 2.69. The molecule has 1 aromatic heterocycles. The van der Waals surface area contributed by atoms with Crippen LogP contribution in [-0.4, -0.2) is 22.6 Å². The van der Waals surface area contributed by atoms with Crippen LogP contribution in [0.2, 0.25) is 5.02 Å². The van der Waals surface area contributed by atoms with Crippen LogP contribution >= 0.6 is 23.4 Å². The summed E-state index contributed by atoms with van der Waals surface area (Å²) < 4.78 is 0. The molecule has 2 N–H and O–H groups in total. The molecule has 2 aromatic carbocycles. The van der Waals surface area contributed by atoms with Gasteiger partial charge in [0, 0.05) is 11.9 Å². The minimum absolute atomic E-state index is 0.170. The number of carbonyl (C=O) groups is 2. The van der Waals surface area contributed by atoms with Gasteiger partial charge in [0.25, 0.3) is 5.91 Å². The molecule has 2 amide bonds. The minimum Gasteiger partial charge on any atom is -0.325 e. The van der Waals surface area contributed by atoms with Gasteiger partial charge in [-0.2, -0.15) is 0 Å². The van der Waals surface area contributed by atoms with Crippen molar-refractivity contribution in [1.29, 1.82) is 0 Å². The molecule has 3 rings (SSSR count). The maximum atomic E-state index is 12.5. The van der Waals surface area contributed by atoms with Gasteiger partial charge < -0.3 is 10.6 Å². The summed E-state index contributed by atoms with van der Waals surface area (Å²) in [5.41, 5.74) is 1.54. The van der Waals surface area contributed by atoms with Gasteiger partial charge in [-0.1, -0.05) is 53.7 Å². The van der Waals surface area contributed by atoms with Crippen molar-refractivity contribution >= 4 is 46.6 Å². The van der Waals surface area contributed by atoms with Crippen molar-refractivity contribution in [3.8, 4) is 0 Å². The summed E-state index contributed by atoms with van der Waals surface area (Å²) in [5, 5.41) is 6.84. The molecule has 0 aliphatic heterocycles. The second-order valence-corrected chi connectivity index (χ2v) is 6.95. The first-order chi connectivity index (χ1) is 13.1. The molecular weight excluding hydrogens is 382 g/mol. The van der Waals surface area contributed by atoms with Crippen molar-refractivity contribution in [3.05, 3.63) is 83.5 Å². The minimum atomic E-state index is -0.288. The fraction of sp³-hybridized carbons (Fsp3) is 0.0500. The molecule has 0 spiro atoms. The lowest BCUT2D eigenvalue weighted by Crippen LogP contribution is -2.19. The Labute approximate surface area is 166 Å². The Balaban J connectivity index is 1.63. The van der Waals surface area contributed by atoms with Crippen LogP contribution in [0.4, 0.5) is 11.4 Å². The number of nitrogens with zero attached hydrogens (tertiary/aromatic N) is 1. The molecule has 1 heterocycles. The molecule has 0 saturated heterocycles. The highest BCUT2D eigenvalue weighted by atomic mass is 35.5. The van der Waals surface area contributed by atoms with Crippen molar-refractivity contribution in [2.45, 2.75) is 5.03 Å². The smallest absolute Gasteiger partial charge is 0.257 e. The predicted octanol–water partition coefficient (Wildman–Crippen LogP) is 4.72. The summed E-state index contributed by atoms with van der Waals surface area (Å²) in [6, 6.07) is 19.5. The van der Waals surface area contributed by atoms with Gasteiger partial charge in [0.1, 0.15) is 0 Å². The van der Waals surface area contributed by atoms with Gasteiger partial charge in [-0.15, -0.1) is 0 Å². The van der Waals surface area contributed by atoms with Crippen LogP contribution in [-0.2, 0) is 4.79 Å². The third-order valence-corrected chi connectivity index (χ3v) is 4.70. The molecule has 27 heavy (non-hydrogen) atoms. The van der Waals surface area contributed by atoms with E-state index < -0.39 is 0 Å². The number of rotatable bonds is 6. The van der Waals surface area contributed by atoms with E-state index in [1.807, 2.05) is 18.2 Å². The standard InChI is InChI=1S/C20H16ClN3O2S/c21-14-10-11-19(22-12-14)27-13-18(25)24-17-9-5-4-8-16(17)20(26)23-15-6-2-1-3-7-15/h1-12H,13H2,(H,23,26)(H,24,25). The fourth-order valence-corrected chi connectivity index (χ4v) is 3.04. The summed E-state index contributed by atoms with van der Waals surface area (Å²) >= 11 is 7.09. The molecule has 7 heteroatoms. The molecule has 0 atom stereocenters. The number of amides is 2. The topological polar surface area (TPSA) is 71.1 Å². The highest BCUT2D eigenvalue weighted by Crippen LogP contribution is 2.20. The summed E-state index contributed by atoms with van der Waals surface area (Å²) in [7, 11) is 0. The first-order valence-electron chi connectivity index (χ1n) is 8.11. The summed E-state index contributed by atoms with van der Waals surface area (Å²) in [6.07, 6.45) is 1.53. The molecule has 5 nitrogen and oxygen atoms in total. The number of anilines is 2. The molecule has 136 valence electrons. The van der Waals surface area contributed by atoms with Gasteiger partial charge in [-0.3, -0.25) is 9.59 Å². The van der Waals surface area contributed by atoms with E-state index in [1.165, 1.54) is 18.0 Å². The monoisotopic (exact) mass is 397 g/mol. The average molecular weight is 398 g/mol. The maximum absolute atomic E-state index is 12.5. The second-order valence-electron chi connectivity index (χ2n) is 5.52. The Morgan fingerprint density at radius 3 is 2.41 bits per heavy atom. The van der Waals surface area contributed by atoms with E-state index >= 15 is 0 Å². The molecular formula is C20H16ClN3O2S. The molecule has 0 saturated carbocycles. The molecule has 0 unspecified atom stereocenters.